The lowest BCUT2D eigenvalue weighted by Gasteiger charge is -2.30. The van der Waals surface area contributed by atoms with E-state index in [-0.39, 0.29) is 10.8 Å². The second-order valence-corrected chi connectivity index (χ2v) is 17.8. The number of anilines is 3. The van der Waals surface area contributed by atoms with Crippen LogP contribution in [-0.4, -0.2) is 4.57 Å². The van der Waals surface area contributed by atoms with Crippen LogP contribution in [0.25, 0.3) is 71.6 Å². The minimum absolute atomic E-state index is 0.104. The molecule has 2 heteroatoms. The fourth-order valence-electron chi connectivity index (χ4n) is 10.7. The van der Waals surface area contributed by atoms with Crippen LogP contribution in [0.4, 0.5) is 17.1 Å². The molecule has 10 aromatic rings. The number of rotatable bonds is 5. The highest BCUT2D eigenvalue weighted by molar-refractivity contribution is 6.21. The van der Waals surface area contributed by atoms with E-state index in [0.29, 0.717) is 0 Å². The normalized spacial score (nSPS) is 14.3. The Morgan fingerprint density at radius 1 is 0.367 bits per heavy atom. The van der Waals surface area contributed by atoms with Gasteiger partial charge in [-0.3, -0.25) is 0 Å². The second kappa shape index (κ2) is 12.7. The van der Waals surface area contributed by atoms with Gasteiger partial charge in [0.1, 0.15) is 0 Å². The Morgan fingerprint density at radius 2 is 0.900 bits per heavy atom. The molecule has 2 nitrogen and oxygen atoms in total. The van der Waals surface area contributed by atoms with Crippen LogP contribution in [-0.2, 0) is 10.8 Å². The summed E-state index contributed by atoms with van der Waals surface area (Å²) in [6.45, 7) is 9.54. The zero-order valence-corrected chi connectivity index (χ0v) is 34.4. The van der Waals surface area contributed by atoms with Crippen molar-refractivity contribution >= 4 is 49.6 Å². The zero-order valence-electron chi connectivity index (χ0n) is 34.4. The Bertz CT molecular complexity index is 3360. The van der Waals surface area contributed by atoms with E-state index in [1.165, 1.54) is 93.9 Å². The summed E-state index contributed by atoms with van der Waals surface area (Å²) >= 11 is 0. The summed E-state index contributed by atoms with van der Waals surface area (Å²) in [6.07, 6.45) is 0. The van der Waals surface area contributed by atoms with Gasteiger partial charge in [-0.15, -0.1) is 0 Å². The molecule has 1 heterocycles. The van der Waals surface area contributed by atoms with Crippen LogP contribution in [0.3, 0.4) is 0 Å². The molecule has 0 amide bonds. The summed E-state index contributed by atoms with van der Waals surface area (Å²) in [5, 5.41) is 5.16. The maximum Gasteiger partial charge on any atom is 0.0547 e. The van der Waals surface area contributed by atoms with Gasteiger partial charge in [0.15, 0.2) is 0 Å². The standard InChI is InChI=1S/C58H44N2/c1-57(2)50-20-12-10-18-45(50)46-30-27-41(34-51(46)57)59(40-25-22-38(23-26-40)37-14-6-5-7-15-37)42-28-31-47-48-32-29-43(36-53(48)58(3,4)52(47)35-42)60-54-21-13-11-19-49(54)56-44-17-9-8-16-39(44)24-33-55(56)60/h5-36H,1-4H3. The van der Waals surface area contributed by atoms with Gasteiger partial charge in [0.05, 0.1) is 11.0 Å². The van der Waals surface area contributed by atoms with E-state index in [0.717, 1.165) is 17.1 Å². The SMILES string of the molecule is CC1(C)c2ccccc2-c2ccc(N(c3ccc(-c4ccccc4)cc3)c3ccc4c(c3)C(C)(C)c3cc(-n5c6ccccc6c6c7ccccc7ccc65)ccc3-4)cc21. The number of hydrogen-bond acceptors (Lipinski definition) is 1. The Labute approximate surface area is 351 Å². The molecule has 1 aromatic heterocycles. The smallest absolute Gasteiger partial charge is 0.0547 e. The third-order valence-corrected chi connectivity index (χ3v) is 13.8. The fraction of sp³-hybridized carbons (Fsp3) is 0.103. The molecule has 0 radical (unpaired) electrons. The van der Waals surface area contributed by atoms with Gasteiger partial charge in [-0.25, -0.2) is 0 Å². The molecule has 286 valence electrons. The van der Waals surface area contributed by atoms with Crippen LogP contribution in [0.2, 0.25) is 0 Å². The molecule has 12 rings (SSSR count). The Morgan fingerprint density at radius 3 is 1.63 bits per heavy atom. The van der Waals surface area contributed by atoms with Gasteiger partial charge >= 0.3 is 0 Å². The highest BCUT2D eigenvalue weighted by atomic mass is 15.1. The van der Waals surface area contributed by atoms with Gasteiger partial charge in [0.25, 0.3) is 0 Å². The monoisotopic (exact) mass is 768 g/mol. The van der Waals surface area contributed by atoms with Gasteiger partial charge in [0, 0.05) is 44.4 Å². The van der Waals surface area contributed by atoms with Crippen molar-refractivity contribution in [3.63, 3.8) is 0 Å². The van der Waals surface area contributed by atoms with Crippen molar-refractivity contribution in [1.29, 1.82) is 0 Å². The average molecular weight is 769 g/mol. The lowest BCUT2D eigenvalue weighted by molar-refractivity contribution is 0.659. The predicted octanol–water partition coefficient (Wildman–Crippen LogP) is 15.7. The molecular weight excluding hydrogens is 725 g/mol. The number of benzene rings is 9. The fourth-order valence-corrected chi connectivity index (χ4v) is 10.7. The van der Waals surface area contributed by atoms with Crippen molar-refractivity contribution < 1.29 is 0 Å². The minimum atomic E-state index is -0.230. The summed E-state index contributed by atoms with van der Waals surface area (Å²) in [6, 6.07) is 72.2. The molecule has 60 heavy (non-hydrogen) atoms. The quantitative estimate of drug-likeness (QED) is 0.169. The molecule has 2 aliphatic rings. The van der Waals surface area contributed by atoms with Crippen LogP contribution in [0.5, 0.6) is 0 Å². The maximum absolute atomic E-state index is 2.47. The molecule has 0 N–H and O–H groups in total. The lowest BCUT2D eigenvalue weighted by atomic mass is 9.82. The molecule has 0 aliphatic heterocycles. The minimum Gasteiger partial charge on any atom is -0.310 e. The Balaban J connectivity index is 0.996. The molecule has 0 saturated heterocycles. The maximum atomic E-state index is 2.47. The summed E-state index contributed by atoms with van der Waals surface area (Å²) in [5.74, 6) is 0. The number of hydrogen-bond donors (Lipinski definition) is 0. The van der Waals surface area contributed by atoms with E-state index >= 15 is 0 Å². The molecular formula is C58H44N2. The first-order valence-corrected chi connectivity index (χ1v) is 21.2. The second-order valence-electron chi connectivity index (χ2n) is 17.8. The third kappa shape index (κ3) is 4.94. The summed E-state index contributed by atoms with van der Waals surface area (Å²) in [4.78, 5) is 2.46. The van der Waals surface area contributed by atoms with Crippen molar-refractivity contribution in [3.05, 3.63) is 216 Å². The van der Waals surface area contributed by atoms with Crippen LogP contribution in [0.1, 0.15) is 49.9 Å². The first-order chi connectivity index (χ1) is 29.3. The number of fused-ring (bicyclic) bond motifs is 11. The Hall–Kier alpha value is -7.16. The first kappa shape index (κ1) is 34.8. The Kier molecular flexibility index (Phi) is 7.36. The van der Waals surface area contributed by atoms with E-state index in [1.54, 1.807) is 0 Å². The summed E-state index contributed by atoms with van der Waals surface area (Å²) in [5.41, 5.74) is 20.0. The van der Waals surface area contributed by atoms with Crippen LogP contribution in [0, 0.1) is 0 Å². The molecule has 0 saturated carbocycles. The number of para-hydroxylation sites is 1. The molecule has 0 unspecified atom stereocenters. The van der Waals surface area contributed by atoms with E-state index in [4.69, 9.17) is 0 Å². The lowest BCUT2D eigenvalue weighted by Crippen LogP contribution is -2.18. The van der Waals surface area contributed by atoms with E-state index in [2.05, 4.69) is 231 Å². The van der Waals surface area contributed by atoms with Crippen molar-refractivity contribution in [3.8, 4) is 39.1 Å². The highest BCUT2D eigenvalue weighted by Gasteiger charge is 2.38. The van der Waals surface area contributed by atoms with Gasteiger partial charge in [-0.2, -0.15) is 0 Å². The van der Waals surface area contributed by atoms with Gasteiger partial charge in [-0.1, -0.05) is 161 Å². The molecule has 0 atom stereocenters. The molecule has 2 aliphatic carbocycles. The summed E-state index contributed by atoms with van der Waals surface area (Å²) in [7, 11) is 0. The largest absolute Gasteiger partial charge is 0.310 e. The van der Waals surface area contributed by atoms with Crippen molar-refractivity contribution in [2.24, 2.45) is 0 Å². The van der Waals surface area contributed by atoms with Crippen molar-refractivity contribution in [1.82, 2.24) is 4.57 Å². The van der Waals surface area contributed by atoms with Gasteiger partial charge in [-0.05, 0) is 127 Å². The zero-order chi connectivity index (χ0) is 40.3. The van der Waals surface area contributed by atoms with Gasteiger partial charge in [0.2, 0.25) is 0 Å². The van der Waals surface area contributed by atoms with Crippen LogP contribution in [0.15, 0.2) is 194 Å². The average Bonchev–Trinajstić information content (AvgIpc) is 3.84. The summed E-state index contributed by atoms with van der Waals surface area (Å²) < 4.78 is 2.47. The topological polar surface area (TPSA) is 8.17 Å². The molecule has 9 aromatic carbocycles. The van der Waals surface area contributed by atoms with Crippen LogP contribution >= 0.6 is 0 Å². The molecule has 0 bridgehead atoms. The predicted molar refractivity (Wildman–Crippen MR) is 254 cm³/mol. The number of aromatic nitrogens is 1. The molecule has 0 spiro atoms. The third-order valence-electron chi connectivity index (χ3n) is 13.8. The van der Waals surface area contributed by atoms with Crippen LogP contribution < -0.4 is 4.90 Å². The first-order valence-electron chi connectivity index (χ1n) is 21.2. The van der Waals surface area contributed by atoms with Crippen molar-refractivity contribution in [2.45, 2.75) is 38.5 Å². The highest BCUT2D eigenvalue weighted by Crippen LogP contribution is 2.54. The van der Waals surface area contributed by atoms with Gasteiger partial charge < -0.3 is 9.47 Å². The van der Waals surface area contributed by atoms with Crippen molar-refractivity contribution in [2.75, 3.05) is 4.90 Å². The van der Waals surface area contributed by atoms with E-state index < -0.39 is 0 Å². The molecule has 0 fully saturated rings. The van der Waals surface area contributed by atoms with E-state index in [1.807, 2.05) is 0 Å². The number of nitrogens with zero attached hydrogens (tertiary/aromatic N) is 2. The van der Waals surface area contributed by atoms with E-state index in [9.17, 15) is 0 Å².